The van der Waals surface area contributed by atoms with Crippen molar-refractivity contribution in [1.29, 1.82) is 0 Å². The molecule has 1 saturated heterocycles. The number of benzene rings is 1. The molecule has 0 atom stereocenters. The third kappa shape index (κ3) is 7.29. The highest BCUT2D eigenvalue weighted by Crippen LogP contribution is 2.32. The van der Waals surface area contributed by atoms with E-state index in [1.54, 1.807) is 41.4 Å². The van der Waals surface area contributed by atoms with Gasteiger partial charge in [0.25, 0.3) is 0 Å². The Morgan fingerprint density at radius 2 is 1.89 bits per heavy atom. The van der Waals surface area contributed by atoms with Gasteiger partial charge in [-0.3, -0.25) is 9.69 Å². The van der Waals surface area contributed by atoms with Crippen molar-refractivity contribution in [2.45, 2.75) is 33.3 Å². The standard InChI is InChI=1S/C25H30N8O4S/c1-16-21(19-8-9-26-22(29-19)28-17-6-5-7-18(14-17)31-36)38-23(27-16)30-20(34)15-32-10-12-33(13-11-32)24(35)37-25(2,3)4/h5-9,14H,10-13,15H2,1-4H3,(H,26,28,29)(H,27,30,34). The van der Waals surface area contributed by atoms with Crippen LogP contribution in [-0.4, -0.2) is 75.1 Å². The third-order valence-electron chi connectivity index (χ3n) is 5.53. The minimum absolute atomic E-state index is 0.176. The van der Waals surface area contributed by atoms with Gasteiger partial charge in [-0.05, 0) is 57.1 Å². The zero-order valence-electron chi connectivity index (χ0n) is 21.7. The molecule has 0 bridgehead atoms. The van der Waals surface area contributed by atoms with Crippen LogP contribution in [0.1, 0.15) is 26.5 Å². The first kappa shape index (κ1) is 27.1. The molecule has 3 aromatic rings. The minimum atomic E-state index is -0.538. The van der Waals surface area contributed by atoms with Gasteiger partial charge in [0.05, 0.1) is 22.8 Å². The summed E-state index contributed by atoms with van der Waals surface area (Å²) in [6.45, 7) is 9.74. The van der Waals surface area contributed by atoms with Crippen LogP contribution in [0, 0.1) is 11.8 Å². The molecule has 2 amide bonds. The molecule has 200 valence electrons. The van der Waals surface area contributed by atoms with E-state index >= 15 is 0 Å². The number of nitrogens with one attached hydrogen (secondary N) is 2. The summed E-state index contributed by atoms with van der Waals surface area (Å²) < 4.78 is 5.42. The Morgan fingerprint density at radius 3 is 2.61 bits per heavy atom. The quantitative estimate of drug-likeness (QED) is 0.415. The van der Waals surface area contributed by atoms with Gasteiger partial charge < -0.3 is 20.3 Å². The van der Waals surface area contributed by atoms with Crippen LogP contribution in [-0.2, 0) is 9.53 Å². The van der Waals surface area contributed by atoms with Crippen molar-refractivity contribution in [3.05, 3.63) is 47.1 Å². The summed E-state index contributed by atoms with van der Waals surface area (Å²) in [4.78, 5) is 53.5. The smallest absolute Gasteiger partial charge is 0.410 e. The fraction of sp³-hybridized carbons (Fsp3) is 0.400. The van der Waals surface area contributed by atoms with E-state index in [0.29, 0.717) is 54.3 Å². The molecule has 1 aliphatic heterocycles. The highest BCUT2D eigenvalue weighted by atomic mass is 32.1. The van der Waals surface area contributed by atoms with Crippen molar-refractivity contribution in [2.24, 2.45) is 5.18 Å². The van der Waals surface area contributed by atoms with Gasteiger partial charge in [0, 0.05) is 38.1 Å². The fourth-order valence-electron chi connectivity index (χ4n) is 3.78. The van der Waals surface area contributed by atoms with Gasteiger partial charge >= 0.3 is 6.09 Å². The first-order valence-corrected chi connectivity index (χ1v) is 12.9. The molecule has 38 heavy (non-hydrogen) atoms. The van der Waals surface area contributed by atoms with Crippen molar-refractivity contribution >= 4 is 45.8 Å². The summed E-state index contributed by atoms with van der Waals surface area (Å²) in [5.74, 6) is 0.180. The molecule has 2 N–H and O–H groups in total. The fourth-order valence-corrected chi connectivity index (χ4v) is 4.73. The molecule has 0 spiro atoms. The average Bonchev–Trinajstić information content (AvgIpc) is 3.23. The van der Waals surface area contributed by atoms with E-state index in [2.05, 4.69) is 30.8 Å². The molecule has 12 nitrogen and oxygen atoms in total. The number of aryl methyl sites for hydroxylation is 1. The molecule has 0 unspecified atom stereocenters. The second-order valence-corrected chi connectivity index (χ2v) is 10.8. The maximum Gasteiger partial charge on any atom is 0.410 e. The Hall–Kier alpha value is -3.97. The van der Waals surface area contributed by atoms with Crippen molar-refractivity contribution in [3.8, 4) is 10.6 Å². The second-order valence-electron chi connectivity index (χ2n) is 9.76. The molecule has 1 fully saturated rings. The lowest BCUT2D eigenvalue weighted by Crippen LogP contribution is -2.51. The van der Waals surface area contributed by atoms with Crippen LogP contribution in [0.3, 0.4) is 0 Å². The van der Waals surface area contributed by atoms with E-state index in [0.717, 1.165) is 10.6 Å². The van der Waals surface area contributed by atoms with E-state index in [-0.39, 0.29) is 18.5 Å². The predicted molar refractivity (Wildman–Crippen MR) is 146 cm³/mol. The van der Waals surface area contributed by atoms with Gasteiger partial charge in [0.15, 0.2) is 5.13 Å². The summed E-state index contributed by atoms with van der Waals surface area (Å²) in [6, 6.07) is 8.48. The number of ether oxygens (including phenoxy) is 1. The van der Waals surface area contributed by atoms with E-state index in [4.69, 9.17) is 4.74 Å². The Labute approximate surface area is 224 Å². The number of nitroso groups, excluding NO2 is 1. The molecule has 1 aromatic carbocycles. The molecular weight excluding hydrogens is 508 g/mol. The zero-order valence-corrected chi connectivity index (χ0v) is 22.5. The van der Waals surface area contributed by atoms with E-state index in [9.17, 15) is 14.5 Å². The maximum atomic E-state index is 12.7. The van der Waals surface area contributed by atoms with Crippen LogP contribution in [0.15, 0.2) is 41.7 Å². The van der Waals surface area contributed by atoms with Gasteiger partial charge in [0.2, 0.25) is 11.9 Å². The Kier molecular flexibility index (Phi) is 8.27. The van der Waals surface area contributed by atoms with Crippen LogP contribution in [0.25, 0.3) is 10.6 Å². The average molecular weight is 539 g/mol. The number of hydrogen-bond acceptors (Lipinski definition) is 11. The van der Waals surface area contributed by atoms with Gasteiger partial charge in [-0.25, -0.2) is 19.7 Å². The molecule has 4 rings (SSSR count). The summed E-state index contributed by atoms with van der Waals surface area (Å²) >= 11 is 1.33. The highest BCUT2D eigenvalue weighted by molar-refractivity contribution is 7.19. The molecule has 2 aromatic heterocycles. The second kappa shape index (κ2) is 11.6. The number of piperazine rings is 1. The Bertz CT molecular complexity index is 1310. The normalized spacial score (nSPS) is 14.2. The van der Waals surface area contributed by atoms with Crippen molar-refractivity contribution < 1.29 is 14.3 Å². The number of nitrogens with zero attached hydrogens (tertiary/aromatic N) is 6. The van der Waals surface area contributed by atoms with E-state index in [1.165, 1.54) is 11.3 Å². The van der Waals surface area contributed by atoms with Gasteiger partial charge in [0.1, 0.15) is 11.3 Å². The van der Waals surface area contributed by atoms with E-state index in [1.807, 2.05) is 32.6 Å². The monoisotopic (exact) mass is 538 g/mol. The number of amides is 2. The van der Waals surface area contributed by atoms with Crippen LogP contribution in [0.5, 0.6) is 0 Å². The van der Waals surface area contributed by atoms with Gasteiger partial charge in [-0.2, -0.15) is 0 Å². The van der Waals surface area contributed by atoms with Gasteiger partial charge in [-0.15, -0.1) is 4.91 Å². The summed E-state index contributed by atoms with van der Waals surface area (Å²) in [5, 5.41) is 9.36. The minimum Gasteiger partial charge on any atom is -0.444 e. The molecular formula is C25H30N8O4S. The van der Waals surface area contributed by atoms with Crippen LogP contribution in [0.2, 0.25) is 0 Å². The summed E-state index contributed by atoms with van der Waals surface area (Å²) in [7, 11) is 0. The highest BCUT2D eigenvalue weighted by Gasteiger charge is 2.26. The molecule has 0 saturated carbocycles. The largest absolute Gasteiger partial charge is 0.444 e. The van der Waals surface area contributed by atoms with Crippen molar-refractivity contribution in [1.82, 2.24) is 24.8 Å². The number of aromatic nitrogens is 3. The number of carbonyl (C=O) groups is 2. The van der Waals surface area contributed by atoms with E-state index < -0.39 is 5.60 Å². The van der Waals surface area contributed by atoms with Crippen LogP contribution < -0.4 is 10.6 Å². The first-order chi connectivity index (χ1) is 18.1. The number of thiazole rings is 1. The molecule has 0 radical (unpaired) electrons. The molecule has 3 heterocycles. The Balaban J connectivity index is 1.33. The lowest BCUT2D eigenvalue weighted by atomic mass is 10.2. The summed E-state index contributed by atoms with van der Waals surface area (Å²) in [6.07, 6.45) is 1.29. The third-order valence-corrected chi connectivity index (χ3v) is 6.63. The number of anilines is 3. The van der Waals surface area contributed by atoms with Gasteiger partial charge in [-0.1, -0.05) is 17.4 Å². The lowest BCUT2D eigenvalue weighted by Gasteiger charge is -2.35. The number of hydrogen-bond donors (Lipinski definition) is 2. The topological polar surface area (TPSA) is 142 Å². The summed E-state index contributed by atoms with van der Waals surface area (Å²) in [5.41, 5.74) is 1.78. The first-order valence-electron chi connectivity index (χ1n) is 12.1. The SMILES string of the molecule is Cc1nc(NC(=O)CN2CCN(C(=O)OC(C)(C)C)CC2)sc1-c1ccnc(Nc2cccc(N=O)c2)n1. The zero-order chi connectivity index (χ0) is 27.3. The van der Waals surface area contributed by atoms with Crippen LogP contribution in [0.4, 0.5) is 27.2 Å². The maximum absolute atomic E-state index is 12.7. The molecule has 0 aliphatic carbocycles. The lowest BCUT2D eigenvalue weighted by molar-refractivity contribution is -0.117. The number of carbonyl (C=O) groups excluding carboxylic acids is 2. The van der Waals surface area contributed by atoms with Crippen molar-refractivity contribution in [2.75, 3.05) is 43.4 Å². The van der Waals surface area contributed by atoms with Crippen LogP contribution >= 0.6 is 11.3 Å². The molecule has 1 aliphatic rings. The molecule has 13 heteroatoms. The predicted octanol–water partition coefficient (Wildman–Crippen LogP) is 4.54. The number of rotatable bonds is 7. The Morgan fingerprint density at radius 1 is 1.13 bits per heavy atom. The van der Waals surface area contributed by atoms with Crippen molar-refractivity contribution in [3.63, 3.8) is 0 Å².